The van der Waals surface area contributed by atoms with E-state index in [1.54, 1.807) is 7.05 Å². The van der Waals surface area contributed by atoms with Crippen LogP contribution in [0.5, 0.6) is 0 Å². The van der Waals surface area contributed by atoms with Crippen LogP contribution >= 0.6 is 0 Å². The molecule has 0 aliphatic rings. The Morgan fingerprint density at radius 1 is 1.47 bits per heavy atom. The summed E-state index contributed by atoms with van der Waals surface area (Å²) >= 11 is 0. The predicted molar refractivity (Wildman–Crippen MR) is 62.9 cm³/mol. The highest BCUT2D eigenvalue weighted by Gasteiger charge is 2.16. The largest absolute Gasteiger partial charge is 0.396 e. The summed E-state index contributed by atoms with van der Waals surface area (Å²) in [6.45, 7) is 0.00946. The second-order valence-electron chi connectivity index (χ2n) is 3.87. The van der Waals surface area contributed by atoms with Crippen LogP contribution in [0.25, 0.3) is 0 Å². The Labute approximate surface area is 107 Å². The standard InChI is InChI=1S/C11H11F2N5O/c1-18-5-16-9(17-18)4-15-11(19)7-2-6(12)3-8(14)10(7)13/h2-3,5H,4,14H2,1H3,(H,15,19). The van der Waals surface area contributed by atoms with Crippen molar-refractivity contribution in [3.63, 3.8) is 0 Å². The summed E-state index contributed by atoms with van der Waals surface area (Å²) in [7, 11) is 1.67. The van der Waals surface area contributed by atoms with Crippen LogP contribution in [0.15, 0.2) is 18.5 Å². The van der Waals surface area contributed by atoms with Gasteiger partial charge in [-0.2, -0.15) is 5.10 Å². The number of aryl methyl sites for hydroxylation is 1. The molecule has 3 N–H and O–H groups in total. The molecule has 0 unspecified atom stereocenters. The maximum atomic E-state index is 13.6. The van der Waals surface area contributed by atoms with Gasteiger partial charge in [-0.1, -0.05) is 0 Å². The van der Waals surface area contributed by atoms with Crippen molar-refractivity contribution in [3.05, 3.63) is 41.5 Å². The van der Waals surface area contributed by atoms with E-state index in [4.69, 9.17) is 5.73 Å². The van der Waals surface area contributed by atoms with E-state index in [0.29, 0.717) is 5.82 Å². The molecule has 2 aromatic rings. The molecule has 0 bridgehead atoms. The molecule has 0 radical (unpaired) electrons. The zero-order valence-corrected chi connectivity index (χ0v) is 10.0. The highest BCUT2D eigenvalue weighted by Crippen LogP contribution is 2.17. The number of aromatic nitrogens is 3. The van der Waals surface area contributed by atoms with Gasteiger partial charge in [0.15, 0.2) is 11.6 Å². The summed E-state index contributed by atoms with van der Waals surface area (Å²) in [6.07, 6.45) is 1.46. The van der Waals surface area contributed by atoms with Gasteiger partial charge in [0.25, 0.3) is 5.91 Å². The number of nitrogens with two attached hydrogens (primary N) is 1. The van der Waals surface area contributed by atoms with Gasteiger partial charge >= 0.3 is 0 Å². The Hall–Kier alpha value is -2.51. The van der Waals surface area contributed by atoms with Crippen LogP contribution in [0.3, 0.4) is 0 Å². The third-order valence-corrected chi connectivity index (χ3v) is 2.36. The van der Waals surface area contributed by atoms with Crippen molar-refractivity contribution in [2.45, 2.75) is 6.54 Å². The zero-order valence-electron chi connectivity index (χ0n) is 10.0. The molecule has 6 nitrogen and oxygen atoms in total. The summed E-state index contributed by atoms with van der Waals surface area (Å²) in [5.41, 5.74) is 4.38. The molecule has 0 aliphatic heterocycles. The van der Waals surface area contributed by atoms with E-state index in [9.17, 15) is 13.6 Å². The fraction of sp³-hybridized carbons (Fsp3) is 0.182. The fourth-order valence-electron chi connectivity index (χ4n) is 1.50. The maximum absolute atomic E-state index is 13.6. The zero-order chi connectivity index (χ0) is 14.0. The molecule has 1 aromatic carbocycles. The smallest absolute Gasteiger partial charge is 0.254 e. The molecule has 0 fully saturated rings. The van der Waals surface area contributed by atoms with Crippen molar-refractivity contribution in [2.24, 2.45) is 7.05 Å². The number of carbonyl (C=O) groups excluding carboxylic acids is 1. The molecule has 0 aliphatic carbocycles. The lowest BCUT2D eigenvalue weighted by atomic mass is 10.1. The van der Waals surface area contributed by atoms with E-state index in [1.165, 1.54) is 11.0 Å². The third kappa shape index (κ3) is 2.84. The molecule has 19 heavy (non-hydrogen) atoms. The Morgan fingerprint density at radius 3 is 2.84 bits per heavy atom. The van der Waals surface area contributed by atoms with Gasteiger partial charge in [-0.05, 0) is 12.1 Å². The molecule has 1 heterocycles. The van der Waals surface area contributed by atoms with Gasteiger partial charge in [0, 0.05) is 7.05 Å². The average Bonchev–Trinajstić information content (AvgIpc) is 2.76. The van der Waals surface area contributed by atoms with Gasteiger partial charge in [0.05, 0.1) is 17.8 Å². The molecule has 100 valence electrons. The number of nitrogens with one attached hydrogen (secondary N) is 1. The topological polar surface area (TPSA) is 85.8 Å². The van der Waals surface area contributed by atoms with Gasteiger partial charge in [-0.15, -0.1) is 0 Å². The first-order valence-electron chi connectivity index (χ1n) is 5.34. The van der Waals surface area contributed by atoms with Crippen LogP contribution in [0.1, 0.15) is 16.2 Å². The van der Waals surface area contributed by atoms with Crippen LogP contribution in [-0.2, 0) is 13.6 Å². The van der Waals surface area contributed by atoms with Crippen molar-refractivity contribution < 1.29 is 13.6 Å². The van der Waals surface area contributed by atoms with Gasteiger partial charge < -0.3 is 11.1 Å². The molecule has 8 heteroatoms. The lowest BCUT2D eigenvalue weighted by Crippen LogP contribution is -2.25. The van der Waals surface area contributed by atoms with E-state index in [0.717, 1.165) is 12.1 Å². The average molecular weight is 267 g/mol. The number of halogens is 2. The van der Waals surface area contributed by atoms with Crippen molar-refractivity contribution in [2.75, 3.05) is 5.73 Å². The van der Waals surface area contributed by atoms with E-state index in [-0.39, 0.29) is 6.54 Å². The number of hydrogen-bond donors (Lipinski definition) is 2. The molecular weight excluding hydrogens is 256 g/mol. The molecular formula is C11H11F2N5O. The lowest BCUT2D eigenvalue weighted by Gasteiger charge is -2.06. The Morgan fingerprint density at radius 2 is 2.21 bits per heavy atom. The number of amides is 1. The molecule has 0 spiro atoms. The monoisotopic (exact) mass is 267 g/mol. The second kappa shape index (κ2) is 5.01. The number of anilines is 1. The highest BCUT2D eigenvalue weighted by molar-refractivity contribution is 5.95. The highest BCUT2D eigenvalue weighted by atomic mass is 19.1. The number of nitrogens with zero attached hydrogens (tertiary/aromatic N) is 3. The second-order valence-corrected chi connectivity index (χ2v) is 3.87. The first kappa shape index (κ1) is 12.9. The van der Waals surface area contributed by atoms with E-state index < -0.39 is 28.8 Å². The SMILES string of the molecule is Cn1cnc(CNC(=O)c2cc(F)cc(N)c2F)n1. The third-order valence-electron chi connectivity index (χ3n) is 2.36. The summed E-state index contributed by atoms with van der Waals surface area (Å²) in [4.78, 5) is 15.6. The Bertz CT molecular complexity index is 626. The van der Waals surface area contributed by atoms with Gasteiger partial charge in [-0.3, -0.25) is 9.48 Å². The van der Waals surface area contributed by atoms with E-state index in [1.807, 2.05) is 0 Å². The number of carbonyl (C=O) groups is 1. The number of hydrogen-bond acceptors (Lipinski definition) is 4. The fourth-order valence-corrected chi connectivity index (χ4v) is 1.50. The van der Waals surface area contributed by atoms with Crippen molar-refractivity contribution in [1.29, 1.82) is 0 Å². The van der Waals surface area contributed by atoms with Gasteiger partial charge in [-0.25, -0.2) is 13.8 Å². The van der Waals surface area contributed by atoms with E-state index >= 15 is 0 Å². The normalized spacial score (nSPS) is 10.5. The summed E-state index contributed by atoms with van der Waals surface area (Å²) in [6, 6.07) is 1.60. The van der Waals surface area contributed by atoms with Crippen LogP contribution in [0.2, 0.25) is 0 Å². The summed E-state index contributed by atoms with van der Waals surface area (Å²) in [5.74, 6) is -2.15. The predicted octanol–water partition coefficient (Wildman–Crippen LogP) is 0.606. The van der Waals surface area contributed by atoms with E-state index in [2.05, 4.69) is 15.4 Å². The maximum Gasteiger partial charge on any atom is 0.254 e. The van der Waals surface area contributed by atoms with Crippen molar-refractivity contribution in [1.82, 2.24) is 20.1 Å². The molecule has 0 saturated carbocycles. The van der Waals surface area contributed by atoms with Crippen molar-refractivity contribution >= 4 is 11.6 Å². The molecule has 0 atom stereocenters. The minimum atomic E-state index is -0.951. The van der Waals surface area contributed by atoms with Crippen LogP contribution < -0.4 is 11.1 Å². The lowest BCUT2D eigenvalue weighted by molar-refractivity contribution is 0.0945. The van der Waals surface area contributed by atoms with Crippen molar-refractivity contribution in [3.8, 4) is 0 Å². The number of nitrogen functional groups attached to an aromatic ring is 1. The van der Waals surface area contributed by atoms with Crippen LogP contribution in [-0.4, -0.2) is 20.7 Å². The summed E-state index contributed by atoms with van der Waals surface area (Å²) in [5, 5.41) is 6.32. The first-order valence-corrected chi connectivity index (χ1v) is 5.34. The van der Waals surface area contributed by atoms with Crippen LogP contribution in [0, 0.1) is 11.6 Å². The van der Waals surface area contributed by atoms with Gasteiger partial charge in [0.1, 0.15) is 12.1 Å². The van der Waals surface area contributed by atoms with Gasteiger partial charge in [0.2, 0.25) is 0 Å². The van der Waals surface area contributed by atoms with Crippen LogP contribution in [0.4, 0.5) is 14.5 Å². The quantitative estimate of drug-likeness (QED) is 0.798. The summed E-state index contributed by atoms with van der Waals surface area (Å²) < 4.78 is 28.1. The Kier molecular flexibility index (Phi) is 3.41. The number of rotatable bonds is 3. The number of benzene rings is 1. The first-order chi connectivity index (χ1) is 8.97. The Balaban J connectivity index is 2.12. The molecule has 1 amide bonds. The minimum Gasteiger partial charge on any atom is -0.396 e. The molecule has 0 saturated heterocycles. The minimum absolute atomic E-state index is 0.00946. The molecule has 2 rings (SSSR count). The molecule has 1 aromatic heterocycles.